The molecule has 10 heteroatoms. The first-order chi connectivity index (χ1) is 21.8. The lowest BCUT2D eigenvalue weighted by Gasteiger charge is -2.19. The number of aliphatic imine (C=N–C) groups is 1. The summed E-state index contributed by atoms with van der Waals surface area (Å²) >= 11 is 19.1. The van der Waals surface area contributed by atoms with Gasteiger partial charge in [0, 0.05) is 0 Å². The number of halogens is 3. The van der Waals surface area contributed by atoms with E-state index in [1.54, 1.807) is 19.1 Å². The van der Waals surface area contributed by atoms with Gasteiger partial charge in [0.2, 0.25) is 0 Å². The van der Waals surface area contributed by atoms with E-state index in [1.165, 1.54) is 107 Å². The predicted molar refractivity (Wildman–Crippen MR) is 189 cm³/mol. The van der Waals surface area contributed by atoms with Crippen LogP contribution in [0.15, 0.2) is 35.3 Å². The third-order valence-corrected chi connectivity index (χ3v) is 8.97. The van der Waals surface area contributed by atoms with Crippen LogP contribution >= 0.6 is 34.8 Å². The number of nitrogens with one attached hydrogen (secondary N) is 2. The van der Waals surface area contributed by atoms with E-state index in [1.807, 2.05) is 12.1 Å². The van der Waals surface area contributed by atoms with Crippen LogP contribution in [0.1, 0.15) is 122 Å². The number of anilines is 2. The van der Waals surface area contributed by atoms with E-state index >= 15 is 0 Å². The van der Waals surface area contributed by atoms with Gasteiger partial charge in [-0.25, -0.2) is 10.0 Å². The first-order valence-corrected chi connectivity index (χ1v) is 17.7. The van der Waals surface area contributed by atoms with Crippen LogP contribution in [0.4, 0.5) is 17.1 Å². The molecule has 1 heterocycles. The molecule has 3 rings (SSSR count). The van der Waals surface area contributed by atoms with E-state index in [-0.39, 0.29) is 21.6 Å². The Balaban J connectivity index is 1.33. The van der Waals surface area contributed by atoms with Gasteiger partial charge in [-0.15, -0.1) is 0 Å². The van der Waals surface area contributed by atoms with E-state index in [9.17, 15) is 4.79 Å². The standard InChI is InChI=1S/C35H48Cl3N5O2/c1-3-4-5-6-7-8-9-10-11-12-13-14-15-16-17-18-21-45-42-28-19-20-29(36)32(24-28)40-34-26(2)35(44)43(41-34)33-30(37)22-27(25-39)23-31(33)38/h19-20,22-24,26,42H,3-18,21H2,1-2H3,(H,40,41). The van der Waals surface area contributed by atoms with Crippen molar-refractivity contribution >= 4 is 63.6 Å². The predicted octanol–water partition coefficient (Wildman–Crippen LogP) is 11.3. The first-order valence-electron chi connectivity index (χ1n) is 16.6. The van der Waals surface area contributed by atoms with Crippen molar-refractivity contribution in [1.29, 1.82) is 5.26 Å². The maximum absolute atomic E-state index is 13.0. The van der Waals surface area contributed by atoms with Crippen molar-refractivity contribution in [2.75, 3.05) is 17.1 Å². The highest BCUT2D eigenvalue weighted by Crippen LogP contribution is 2.37. The number of amidine groups is 1. The lowest BCUT2D eigenvalue weighted by Crippen LogP contribution is -2.36. The molecule has 246 valence electrons. The minimum absolute atomic E-state index is 0.180. The maximum atomic E-state index is 13.0. The Morgan fingerprint density at radius 2 is 1.38 bits per heavy atom. The summed E-state index contributed by atoms with van der Waals surface area (Å²) in [5.74, 6) is -0.481. The van der Waals surface area contributed by atoms with Crippen LogP contribution in [0, 0.1) is 17.2 Å². The fourth-order valence-corrected chi connectivity index (χ4v) is 6.17. The van der Waals surface area contributed by atoms with E-state index in [4.69, 9.17) is 44.9 Å². The van der Waals surface area contributed by atoms with Gasteiger partial charge in [0.25, 0.3) is 5.91 Å². The zero-order chi connectivity index (χ0) is 32.4. The van der Waals surface area contributed by atoms with Gasteiger partial charge >= 0.3 is 0 Å². The van der Waals surface area contributed by atoms with Gasteiger partial charge < -0.3 is 0 Å². The largest absolute Gasteiger partial charge is 0.277 e. The molecule has 2 aromatic carbocycles. The summed E-state index contributed by atoms with van der Waals surface area (Å²) in [5.41, 5.74) is 7.74. The Labute approximate surface area is 284 Å². The zero-order valence-corrected chi connectivity index (χ0v) is 29.0. The number of carbonyl (C=O) groups excluding carboxylic acids is 1. The molecular formula is C35H48Cl3N5O2. The summed E-state index contributed by atoms with van der Waals surface area (Å²) < 4.78 is 0. The third-order valence-electron chi connectivity index (χ3n) is 8.07. The van der Waals surface area contributed by atoms with E-state index in [0.717, 1.165) is 12.8 Å². The van der Waals surface area contributed by atoms with Crippen molar-refractivity contribution in [2.45, 2.75) is 117 Å². The van der Waals surface area contributed by atoms with Crippen molar-refractivity contribution in [2.24, 2.45) is 10.9 Å². The number of benzene rings is 2. The number of nitrogens with zero attached hydrogens (tertiary/aromatic N) is 3. The van der Waals surface area contributed by atoms with E-state index < -0.39 is 5.92 Å². The van der Waals surface area contributed by atoms with Crippen LogP contribution in [0.25, 0.3) is 0 Å². The smallest absolute Gasteiger partial charge is 0.256 e. The molecule has 1 aliphatic rings. The molecule has 7 nitrogen and oxygen atoms in total. The summed E-state index contributed by atoms with van der Waals surface area (Å²) in [6, 6.07) is 10.2. The maximum Gasteiger partial charge on any atom is 0.256 e. The second kappa shape index (κ2) is 20.6. The number of unbranched alkanes of at least 4 members (excludes halogenated alkanes) is 15. The summed E-state index contributed by atoms with van der Waals surface area (Å²) in [5, 5.41) is 11.2. The van der Waals surface area contributed by atoms with Crippen molar-refractivity contribution < 1.29 is 9.63 Å². The SMILES string of the molecule is CCCCCCCCCCCCCCCCCCONc1ccc(Cl)c(N=C2NN(c3c(Cl)cc(C#N)cc3Cl)C(=O)C2C)c1. The Morgan fingerprint density at radius 3 is 1.91 bits per heavy atom. The van der Waals surface area contributed by atoms with Gasteiger partial charge in [-0.05, 0) is 43.7 Å². The lowest BCUT2D eigenvalue weighted by molar-refractivity contribution is -0.119. The molecule has 0 saturated carbocycles. The molecule has 1 saturated heterocycles. The Hall–Kier alpha value is -2.50. The molecule has 2 aromatic rings. The summed E-state index contributed by atoms with van der Waals surface area (Å²) in [4.78, 5) is 23.4. The molecule has 0 radical (unpaired) electrons. The topological polar surface area (TPSA) is 89.8 Å². The van der Waals surface area contributed by atoms with E-state index in [2.05, 4.69) is 22.8 Å². The van der Waals surface area contributed by atoms with Gasteiger partial charge in [-0.2, -0.15) is 5.26 Å². The minimum atomic E-state index is -0.591. The average molecular weight is 677 g/mol. The molecule has 1 fully saturated rings. The molecule has 45 heavy (non-hydrogen) atoms. The average Bonchev–Trinajstić information content (AvgIpc) is 3.29. The quantitative estimate of drug-likeness (QED) is 0.101. The van der Waals surface area contributed by atoms with E-state index in [0.29, 0.717) is 34.4 Å². The molecule has 1 atom stereocenters. The number of carbonyl (C=O) groups is 1. The monoisotopic (exact) mass is 675 g/mol. The van der Waals surface area contributed by atoms with Gasteiger partial charge in [0.05, 0.1) is 50.6 Å². The Morgan fingerprint density at radius 1 is 0.844 bits per heavy atom. The number of nitriles is 1. The zero-order valence-electron chi connectivity index (χ0n) is 26.8. The Bertz CT molecular complexity index is 1270. The minimum Gasteiger partial charge on any atom is -0.277 e. The normalized spacial score (nSPS) is 15.5. The highest BCUT2D eigenvalue weighted by molar-refractivity contribution is 6.40. The number of hydrogen-bond acceptors (Lipinski definition) is 5. The summed E-state index contributed by atoms with van der Waals surface area (Å²) in [6.07, 6.45) is 21.3. The van der Waals surface area contributed by atoms with Crippen molar-refractivity contribution in [3.63, 3.8) is 0 Å². The van der Waals surface area contributed by atoms with Crippen LogP contribution in [-0.4, -0.2) is 18.3 Å². The molecular weight excluding hydrogens is 629 g/mol. The van der Waals surface area contributed by atoms with Gasteiger partial charge in [-0.1, -0.05) is 138 Å². The molecule has 1 unspecified atom stereocenters. The van der Waals surface area contributed by atoms with Crippen molar-refractivity contribution in [1.82, 2.24) is 5.43 Å². The highest BCUT2D eigenvalue weighted by Gasteiger charge is 2.37. The van der Waals surface area contributed by atoms with Crippen molar-refractivity contribution in [3.8, 4) is 6.07 Å². The second-order valence-electron chi connectivity index (χ2n) is 11.8. The molecule has 2 N–H and O–H groups in total. The number of hydrogen-bond donors (Lipinski definition) is 2. The van der Waals surface area contributed by atoms with Crippen LogP contribution in [0.3, 0.4) is 0 Å². The summed E-state index contributed by atoms with van der Waals surface area (Å²) in [6.45, 7) is 4.62. The lowest BCUT2D eigenvalue weighted by atomic mass is 10.0. The van der Waals surface area contributed by atoms with Crippen LogP contribution in [0.5, 0.6) is 0 Å². The fraction of sp³-hybridized carbons (Fsp3) is 0.571. The second-order valence-corrected chi connectivity index (χ2v) is 13.0. The first kappa shape index (κ1) is 37.0. The molecule has 1 aliphatic heterocycles. The van der Waals surface area contributed by atoms with Crippen molar-refractivity contribution in [3.05, 3.63) is 51.0 Å². The molecule has 0 bridgehead atoms. The van der Waals surface area contributed by atoms with Crippen LogP contribution in [-0.2, 0) is 9.63 Å². The summed E-state index contributed by atoms with van der Waals surface area (Å²) in [7, 11) is 0. The molecule has 0 spiro atoms. The fourth-order valence-electron chi connectivity index (χ4n) is 5.36. The number of amides is 1. The van der Waals surface area contributed by atoms with Gasteiger partial charge in [0.15, 0.2) is 0 Å². The van der Waals surface area contributed by atoms with Gasteiger partial charge in [0.1, 0.15) is 11.5 Å². The van der Waals surface area contributed by atoms with Crippen LogP contribution in [0.2, 0.25) is 15.1 Å². The third kappa shape index (κ3) is 12.3. The number of rotatable bonds is 21. The molecule has 0 aromatic heterocycles. The van der Waals surface area contributed by atoms with Gasteiger partial charge in [-0.3, -0.25) is 20.5 Å². The highest BCUT2D eigenvalue weighted by atomic mass is 35.5. The molecule has 1 amide bonds. The molecule has 0 aliphatic carbocycles. The number of hydrazine groups is 1. The van der Waals surface area contributed by atoms with Crippen LogP contribution < -0.4 is 15.9 Å². The Kier molecular flexibility index (Phi) is 16.9.